The third kappa shape index (κ3) is 2.98. The summed E-state index contributed by atoms with van der Waals surface area (Å²) < 4.78 is 7.10. The first kappa shape index (κ1) is 15.3. The molecule has 2 N–H and O–H groups in total. The third-order valence-electron chi connectivity index (χ3n) is 3.09. The summed E-state index contributed by atoms with van der Waals surface area (Å²) in [5.74, 6) is -0.281. The van der Waals surface area contributed by atoms with Crippen LogP contribution in [0.5, 0.6) is 5.75 Å². The van der Waals surface area contributed by atoms with E-state index in [1.165, 1.54) is 20.2 Å². The Balaban J connectivity index is 2.30. The third-order valence-corrected chi connectivity index (χ3v) is 3.09. The Hall–Kier alpha value is -3.09. The van der Waals surface area contributed by atoms with Crippen molar-refractivity contribution in [2.45, 2.75) is 0 Å². The van der Waals surface area contributed by atoms with Gasteiger partial charge in [0.1, 0.15) is 11.6 Å². The molecule has 0 bridgehead atoms. The van der Waals surface area contributed by atoms with Gasteiger partial charge >= 0.3 is 11.7 Å². The number of aromatic nitrogens is 2. The summed E-state index contributed by atoms with van der Waals surface area (Å²) in [7, 11) is 2.78. The fourth-order valence-electron chi connectivity index (χ4n) is 1.83. The molecule has 2 rings (SSSR count). The van der Waals surface area contributed by atoms with E-state index in [1.54, 1.807) is 30.3 Å². The Morgan fingerprint density at radius 1 is 1.14 bits per heavy atom. The number of nitrogens with zero attached hydrogens (tertiary/aromatic N) is 2. The maximum atomic E-state index is 12.0. The maximum Gasteiger partial charge on any atom is 0.336 e. The molecule has 0 radical (unpaired) electrons. The summed E-state index contributed by atoms with van der Waals surface area (Å²) in [6.07, 6.45) is 2.33. The van der Waals surface area contributed by atoms with E-state index in [9.17, 15) is 14.4 Å². The van der Waals surface area contributed by atoms with Crippen molar-refractivity contribution in [1.82, 2.24) is 9.13 Å². The average molecular weight is 301 g/mol. The predicted molar refractivity (Wildman–Crippen MR) is 82.4 cm³/mol. The van der Waals surface area contributed by atoms with Crippen LogP contribution in [-0.4, -0.2) is 15.1 Å². The summed E-state index contributed by atoms with van der Waals surface area (Å²) in [6.45, 7) is 0. The minimum atomic E-state index is -0.651. The van der Waals surface area contributed by atoms with Gasteiger partial charge in [-0.05, 0) is 18.2 Å². The van der Waals surface area contributed by atoms with Gasteiger partial charge in [0.15, 0.2) is 0 Å². The lowest BCUT2D eigenvalue weighted by atomic mass is 10.2. The van der Waals surface area contributed by atoms with Crippen LogP contribution in [0.25, 0.3) is 6.08 Å². The van der Waals surface area contributed by atoms with Crippen LogP contribution in [0, 0.1) is 0 Å². The number of para-hydroxylation sites is 1. The fourth-order valence-corrected chi connectivity index (χ4v) is 1.83. The molecule has 2 aromatic rings. The second-order valence-electron chi connectivity index (χ2n) is 4.57. The topological polar surface area (TPSA) is 96.3 Å². The molecule has 0 atom stereocenters. The van der Waals surface area contributed by atoms with Crippen LogP contribution in [0.1, 0.15) is 5.56 Å². The van der Waals surface area contributed by atoms with Gasteiger partial charge in [-0.3, -0.25) is 13.9 Å². The number of esters is 1. The average Bonchev–Trinajstić information content (AvgIpc) is 2.52. The first-order valence-electron chi connectivity index (χ1n) is 6.42. The number of carbonyl (C=O) groups is 1. The molecule has 1 heterocycles. The number of hydrogen-bond donors (Lipinski definition) is 1. The van der Waals surface area contributed by atoms with Crippen LogP contribution in [-0.2, 0) is 18.9 Å². The highest BCUT2D eigenvalue weighted by Crippen LogP contribution is 2.10. The molecule has 114 valence electrons. The van der Waals surface area contributed by atoms with Crippen LogP contribution in [0.3, 0.4) is 0 Å². The van der Waals surface area contributed by atoms with Crippen molar-refractivity contribution >= 4 is 17.9 Å². The zero-order valence-electron chi connectivity index (χ0n) is 12.1. The first-order chi connectivity index (χ1) is 10.4. The van der Waals surface area contributed by atoms with Gasteiger partial charge in [-0.15, -0.1) is 0 Å². The standard InChI is InChI=1S/C15H15N3O4/c1-17-13(16)11(14(20)18(2)15(17)21)8-9-12(19)22-10-6-4-3-5-7-10/h3-9H,16H2,1-2H3. The molecule has 0 saturated heterocycles. The van der Waals surface area contributed by atoms with Crippen molar-refractivity contribution in [2.75, 3.05) is 5.73 Å². The van der Waals surface area contributed by atoms with Crippen molar-refractivity contribution in [2.24, 2.45) is 14.1 Å². The van der Waals surface area contributed by atoms with Crippen LogP contribution in [0.4, 0.5) is 5.82 Å². The van der Waals surface area contributed by atoms with Crippen molar-refractivity contribution in [3.05, 3.63) is 62.8 Å². The molecule has 22 heavy (non-hydrogen) atoms. The molecule has 0 fully saturated rings. The molecule has 1 aromatic heterocycles. The van der Waals surface area contributed by atoms with Crippen LogP contribution in [0.2, 0.25) is 0 Å². The number of ether oxygens (including phenoxy) is 1. The molecule has 0 amide bonds. The molecule has 7 heteroatoms. The minimum absolute atomic E-state index is 0.0168. The lowest BCUT2D eigenvalue weighted by Gasteiger charge is -2.08. The second kappa shape index (κ2) is 6.13. The SMILES string of the molecule is Cn1c(N)c(C=CC(=O)Oc2ccccc2)c(=O)n(C)c1=O. The smallest absolute Gasteiger partial charge is 0.336 e. The monoisotopic (exact) mass is 301 g/mol. The summed E-state index contributed by atoms with van der Waals surface area (Å²) in [5, 5.41) is 0. The molecule has 7 nitrogen and oxygen atoms in total. The molecule has 0 aliphatic rings. The lowest BCUT2D eigenvalue weighted by molar-refractivity contribution is -0.128. The summed E-state index contributed by atoms with van der Waals surface area (Å²) in [6, 6.07) is 8.51. The fraction of sp³-hybridized carbons (Fsp3) is 0.133. The largest absolute Gasteiger partial charge is 0.423 e. The van der Waals surface area contributed by atoms with Crippen LogP contribution >= 0.6 is 0 Å². The van der Waals surface area contributed by atoms with Gasteiger partial charge in [-0.1, -0.05) is 18.2 Å². The number of rotatable bonds is 3. The Bertz CT molecular complexity index is 848. The maximum absolute atomic E-state index is 12.0. The Kier molecular flexibility index (Phi) is 4.26. The summed E-state index contributed by atoms with van der Waals surface area (Å²) >= 11 is 0. The second-order valence-corrected chi connectivity index (χ2v) is 4.57. The van der Waals surface area contributed by atoms with E-state index in [-0.39, 0.29) is 11.4 Å². The molecule has 0 saturated carbocycles. The highest BCUT2D eigenvalue weighted by Gasteiger charge is 2.11. The normalized spacial score (nSPS) is 10.8. The van der Waals surface area contributed by atoms with Gasteiger partial charge in [-0.25, -0.2) is 9.59 Å². The van der Waals surface area contributed by atoms with Gasteiger partial charge in [0, 0.05) is 20.2 Å². The zero-order chi connectivity index (χ0) is 16.3. The number of nitrogen functional groups attached to an aromatic ring is 1. The van der Waals surface area contributed by atoms with E-state index in [1.807, 2.05) is 0 Å². The Labute approximate surface area is 125 Å². The summed E-state index contributed by atoms with van der Waals surface area (Å²) in [4.78, 5) is 35.4. The van der Waals surface area contributed by atoms with Crippen molar-refractivity contribution < 1.29 is 9.53 Å². The highest BCUT2D eigenvalue weighted by atomic mass is 16.5. The van der Waals surface area contributed by atoms with Gasteiger partial charge in [0.2, 0.25) is 0 Å². The van der Waals surface area contributed by atoms with Gasteiger partial charge in [-0.2, -0.15) is 0 Å². The van der Waals surface area contributed by atoms with Crippen LogP contribution < -0.4 is 21.7 Å². The molecule has 0 aliphatic carbocycles. The quantitative estimate of drug-likeness (QED) is 0.499. The van der Waals surface area contributed by atoms with E-state index in [0.717, 1.165) is 15.2 Å². The number of anilines is 1. The number of carbonyl (C=O) groups excluding carboxylic acids is 1. The Morgan fingerprint density at radius 3 is 2.41 bits per heavy atom. The Morgan fingerprint density at radius 2 is 1.77 bits per heavy atom. The van der Waals surface area contributed by atoms with Crippen molar-refractivity contribution in [1.29, 1.82) is 0 Å². The molecular formula is C15H15N3O4. The number of nitrogens with two attached hydrogens (primary N) is 1. The number of benzene rings is 1. The molecule has 0 spiro atoms. The van der Waals surface area contributed by atoms with E-state index < -0.39 is 17.2 Å². The lowest BCUT2D eigenvalue weighted by Crippen LogP contribution is -2.39. The predicted octanol–water partition coefficient (Wildman–Crippen LogP) is 0.285. The molecule has 0 aliphatic heterocycles. The van der Waals surface area contributed by atoms with Gasteiger partial charge < -0.3 is 10.5 Å². The van der Waals surface area contributed by atoms with Crippen molar-refractivity contribution in [3.63, 3.8) is 0 Å². The van der Waals surface area contributed by atoms with E-state index >= 15 is 0 Å². The molecule has 1 aromatic carbocycles. The van der Waals surface area contributed by atoms with E-state index in [0.29, 0.717) is 5.75 Å². The van der Waals surface area contributed by atoms with Crippen LogP contribution in [0.15, 0.2) is 46.0 Å². The number of hydrogen-bond acceptors (Lipinski definition) is 5. The highest BCUT2D eigenvalue weighted by molar-refractivity contribution is 5.89. The van der Waals surface area contributed by atoms with E-state index in [4.69, 9.17) is 10.5 Å². The first-order valence-corrected chi connectivity index (χ1v) is 6.42. The molecule has 0 unspecified atom stereocenters. The summed E-state index contributed by atoms with van der Waals surface area (Å²) in [5.41, 5.74) is 4.67. The minimum Gasteiger partial charge on any atom is -0.423 e. The van der Waals surface area contributed by atoms with Crippen molar-refractivity contribution in [3.8, 4) is 5.75 Å². The van der Waals surface area contributed by atoms with Gasteiger partial charge in [0.05, 0.1) is 5.56 Å². The molecular weight excluding hydrogens is 286 g/mol. The van der Waals surface area contributed by atoms with Gasteiger partial charge in [0.25, 0.3) is 5.56 Å². The zero-order valence-corrected chi connectivity index (χ0v) is 12.1. The van der Waals surface area contributed by atoms with E-state index in [2.05, 4.69) is 0 Å².